The van der Waals surface area contributed by atoms with E-state index < -0.39 is 0 Å². The average molecular weight is 291 g/mol. The molecule has 0 aromatic heterocycles. The summed E-state index contributed by atoms with van der Waals surface area (Å²) >= 11 is 4.24. The molecule has 18 heavy (non-hydrogen) atoms. The summed E-state index contributed by atoms with van der Waals surface area (Å²) in [5, 5.41) is 2.23. The Hall–Kier alpha value is 0.620. The van der Waals surface area contributed by atoms with Gasteiger partial charge < -0.3 is 0 Å². The second-order valence-corrected chi connectivity index (χ2v) is 8.43. The van der Waals surface area contributed by atoms with Gasteiger partial charge in [-0.3, -0.25) is 11.3 Å². The van der Waals surface area contributed by atoms with Crippen LogP contribution in [0.4, 0.5) is 0 Å². The van der Waals surface area contributed by atoms with E-state index in [4.69, 9.17) is 5.84 Å². The standard InChI is InChI=1S/C14H30N2S2/c1-4-5-6-7-8-9-13(16-15)14-10-17-11(2)12(3)18-14/h11-14,16H,4-10,15H2,1-3H3. The number of unbranched alkanes of at least 4 members (excludes halogenated alkanes) is 4. The molecule has 1 saturated heterocycles. The Morgan fingerprint density at radius 3 is 2.50 bits per heavy atom. The maximum Gasteiger partial charge on any atom is 0.0337 e. The molecule has 0 aromatic carbocycles. The predicted octanol–water partition coefficient (Wildman–Crippen LogP) is 3.80. The Labute approximate surface area is 122 Å². The molecule has 4 atom stereocenters. The van der Waals surface area contributed by atoms with Gasteiger partial charge in [-0.2, -0.15) is 23.5 Å². The van der Waals surface area contributed by atoms with Crippen molar-refractivity contribution in [2.24, 2.45) is 5.84 Å². The highest BCUT2D eigenvalue weighted by Gasteiger charge is 2.30. The van der Waals surface area contributed by atoms with Gasteiger partial charge in [-0.15, -0.1) is 0 Å². The van der Waals surface area contributed by atoms with Crippen LogP contribution in [0, 0.1) is 0 Å². The Morgan fingerprint density at radius 2 is 1.89 bits per heavy atom. The molecule has 0 spiro atoms. The van der Waals surface area contributed by atoms with Gasteiger partial charge in [0.25, 0.3) is 0 Å². The second-order valence-electron chi connectivity index (χ2n) is 5.39. The Kier molecular flexibility index (Phi) is 8.81. The van der Waals surface area contributed by atoms with Crippen molar-refractivity contribution < 1.29 is 0 Å². The molecule has 0 saturated carbocycles. The van der Waals surface area contributed by atoms with Crippen molar-refractivity contribution >= 4 is 23.5 Å². The molecule has 0 amide bonds. The zero-order valence-electron chi connectivity index (χ0n) is 12.2. The molecule has 1 aliphatic heterocycles. The quantitative estimate of drug-likeness (QED) is 0.405. The lowest BCUT2D eigenvalue weighted by molar-refractivity contribution is 0.460. The lowest BCUT2D eigenvalue weighted by atomic mass is 10.0. The fourth-order valence-corrected chi connectivity index (χ4v) is 5.51. The van der Waals surface area contributed by atoms with Crippen LogP contribution in [0.15, 0.2) is 0 Å². The number of nitrogens with one attached hydrogen (secondary N) is 1. The SMILES string of the molecule is CCCCCCCC(NN)C1CSC(C)C(C)S1. The zero-order chi connectivity index (χ0) is 13.4. The number of rotatable bonds is 8. The third-order valence-electron chi connectivity index (χ3n) is 3.86. The van der Waals surface area contributed by atoms with Gasteiger partial charge in [0.2, 0.25) is 0 Å². The van der Waals surface area contributed by atoms with E-state index in [1.807, 2.05) is 0 Å². The fourth-order valence-electron chi connectivity index (χ4n) is 2.36. The molecule has 1 aliphatic rings. The van der Waals surface area contributed by atoms with Crippen LogP contribution < -0.4 is 11.3 Å². The molecule has 1 rings (SSSR count). The summed E-state index contributed by atoms with van der Waals surface area (Å²) in [6.45, 7) is 6.96. The first kappa shape index (κ1) is 16.7. The van der Waals surface area contributed by atoms with E-state index in [2.05, 4.69) is 49.7 Å². The van der Waals surface area contributed by atoms with Gasteiger partial charge in [0, 0.05) is 27.5 Å². The van der Waals surface area contributed by atoms with Crippen LogP contribution >= 0.6 is 23.5 Å². The molecule has 3 N–H and O–H groups in total. The van der Waals surface area contributed by atoms with Gasteiger partial charge in [0.05, 0.1) is 0 Å². The molecular formula is C14H30N2S2. The Morgan fingerprint density at radius 1 is 1.17 bits per heavy atom. The van der Waals surface area contributed by atoms with Crippen molar-refractivity contribution in [1.82, 2.24) is 5.43 Å². The van der Waals surface area contributed by atoms with Gasteiger partial charge in [-0.05, 0) is 6.42 Å². The van der Waals surface area contributed by atoms with Crippen LogP contribution in [0.1, 0.15) is 59.3 Å². The number of hydrogen-bond acceptors (Lipinski definition) is 4. The minimum Gasteiger partial charge on any atom is -0.271 e. The molecule has 2 nitrogen and oxygen atoms in total. The van der Waals surface area contributed by atoms with Crippen LogP contribution in [-0.4, -0.2) is 27.5 Å². The highest BCUT2D eigenvalue weighted by Crippen LogP contribution is 2.37. The fraction of sp³-hybridized carbons (Fsp3) is 1.00. The Balaban J connectivity index is 2.23. The molecule has 4 heteroatoms. The van der Waals surface area contributed by atoms with E-state index in [9.17, 15) is 0 Å². The number of hydrazine groups is 1. The van der Waals surface area contributed by atoms with Crippen LogP contribution in [0.2, 0.25) is 0 Å². The van der Waals surface area contributed by atoms with Crippen LogP contribution in [0.25, 0.3) is 0 Å². The van der Waals surface area contributed by atoms with Crippen molar-refractivity contribution in [3.63, 3.8) is 0 Å². The topological polar surface area (TPSA) is 38.0 Å². The smallest absolute Gasteiger partial charge is 0.0337 e. The third kappa shape index (κ3) is 5.72. The molecule has 108 valence electrons. The molecule has 0 radical (unpaired) electrons. The van der Waals surface area contributed by atoms with Crippen molar-refractivity contribution in [3.05, 3.63) is 0 Å². The summed E-state index contributed by atoms with van der Waals surface area (Å²) in [6, 6.07) is 0.499. The monoisotopic (exact) mass is 290 g/mol. The lowest BCUT2D eigenvalue weighted by Crippen LogP contribution is -2.46. The number of nitrogens with two attached hydrogens (primary N) is 1. The third-order valence-corrected chi connectivity index (χ3v) is 7.41. The molecule has 1 fully saturated rings. The first-order valence-corrected chi connectivity index (χ1v) is 9.41. The molecule has 1 heterocycles. The lowest BCUT2D eigenvalue weighted by Gasteiger charge is -2.35. The second kappa shape index (κ2) is 9.51. The van der Waals surface area contributed by atoms with E-state index in [0.717, 1.165) is 10.5 Å². The molecule has 4 unspecified atom stereocenters. The maximum atomic E-state index is 5.75. The maximum absolute atomic E-state index is 5.75. The zero-order valence-corrected chi connectivity index (χ0v) is 13.8. The summed E-state index contributed by atoms with van der Waals surface area (Å²) in [6.07, 6.45) is 8.00. The van der Waals surface area contributed by atoms with Crippen LogP contribution in [-0.2, 0) is 0 Å². The summed E-state index contributed by atoms with van der Waals surface area (Å²) in [5.74, 6) is 7.00. The van der Waals surface area contributed by atoms with Crippen molar-refractivity contribution in [2.75, 3.05) is 5.75 Å². The summed E-state index contributed by atoms with van der Waals surface area (Å²) in [4.78, 5) is 0. The first-order chi connectivity index (χ1) is 8.69. The number of thioether (sulfide) groups is 2. The van der Waals surface area contributed by atoms with E-state index in [1.54, 1.807) is 0 Å². The van der Waals surface area contributed by atoms with Gasteiger partial charge >= 0.3 is 0 Å². The van der Waals surface area contributed by atoms with Crippen LogP contribution in [0.3, 0.4) is 0 Å². The minimum absolute atomic E-state index is 0.499. The molecule has 0 aromatic rings. The van der Waals surface area contributed by atoms with Crippen molar-refractivity contribution in [1.29, 1.82) is 0 Å². The van der Waals surface area contributed by atoms with Crippen LogP contribution in [0.5, 0.6) is 0 Å². The summed E-state index contributed by atoms with van der Waals surface area (Å²) in [7, 11) is 0. The van der Waals surface area contributed by atoms with E-state index in [1.165, 1.54) is 44.3 Å². The van der Waals surface area contributed by atoms with Gasteiger partial charge in [-0.25, -0.2) is 0 Å². The Bertz CT molecular complexity index is 214. The van der Waals surface area contributed by atoms with E-state index in [0.29, 0.717) is 11.3 Å². The van der Waals surface area contributed by atoms with Gasteiger partial charge in [-0.1, -0.05) is 52.9 Å². The van der Waals surface area contributed by atoms with Crippen molar-refractivity contribution in [2.45, 2.75) is 81.1 Å². The van der Waals surface area contributed by atoms with Gasteiger partial charge in [0.1, 0.15) is 0 Å². The number of hydrogen-bond donors (Lipinski definition) is 2. The highest BCUT2D eigenvalue weighted by atomic mass is 32.2. The average Bonchev–Trinajstić information content (AvgIpc) is 2.37. The van der Waals surface area contributed by atoms with E-state index in [-0.39, 0.29) is 0 Å². The highest BCUT2D eigenvalue weighted by molar-refractivity contribution is 8.07. The van der Waals surface area contributed by atoms with Gasteiger partial charge in [0.15, 0.2) is 0 Å². The molecule has 0 aliphatic carbocycles. The first-order valence-electron chi connectivity index (χ1n) is 7.42. The summed E-state index contributed by atoms with van der Waals surface area (Å²) in [5.41, 5.74) is 3.06. The predicted molar refractivity (Wildman–Crippen MR) is 87.2 cm³/mol. The van der Waals surface area contributed by atoms with E-state index >= 15 is 0 Å². The normalized spacial score (nSPS) is 30.3. The molecular weight excluding hydrogens is 260 g/mol. The summed E-state index contributed by atoms with van der Waals surface area (Å²) < 4.78 is 0. The van der Waals surface area contributed by atoms with Crippen molar-refractivity contribution in [3.8, 4) is 0 Å². The minimum atomic E-state index is 0.499. The molecule has 0 bridgehead atoms. The largest absolute Gasteiger partial charge is 0.271 e.